The molecule has 2 saturated carbocycles. The maximum atomic E-state index is 9.25. The van der Waals surface area contributed by atoms with Gasteiger partial charge < -0.3 is 15.3 Å². The number of hydrogen-bond acceptors (Lipinski definition) is 3. The summed E-state index contributed by atoms with van der Waals surface area (Å²) in [6, 6.07) is 9.92. The van der Waals surface area contributed by atoms with Crippen molar-refractivity contribution in [3.8, 4) is 0 Å². The summed E-state index contributed by atoms with van der Waals surface area (Å²) in [5, 5.41) is 13.1. The fourth-order valence-electron chi connectivity index (χ4n) is 4.06. The largest absolute Gasteiger partial charge is 0.396 e. The zero-order chi connectivity index (χ0) is 15.6. The maximum Gasteiger partial charge on any atom is 0.0460 e. The molecule has 3 aliphatic rings. The molecule has 23 heavy (non-hydrogen) atoms. The molecular weight excluding hydrogens is 284 g/mol. The van der Waals surface area contributed by atoms with E-state index in [9.17, 15) is 5.11 Å². The number of hydrogen-bond donors (Lipinski definition) is 2. The number of aliphatic hydroxyl groups is 1. The summed E-state index contributed by atoms with van der Waals surface area (Å²) in [6.45, 7) is 3.52. The van der Waals surface area contributed by atoms with Crippen LogP contribution in [0, 0.1) is 17.8 Å². The molecule has 4 rings (SSSR count). The Balaban J connectivity index is 1.29. The van der Waals surface area contributed by atoms with Crippen molar-refractivity contribution in [2.45, 2.75) is 51.1 Å². The van der Waals surface area contributed by atoms with Gasteiger partial charge in [-0.15, -0.1) is 0 Å². The van der Waals surface area contributed by atoms with Gasteiger partial charge >= 0.3 is 0 Å². The molecule has 0 radical (unpaired) electrons. The van der Waals surface area contributed by atoms with Crippen LogP contribution in [0.15, 0.2) is 24.3 Å². The first-order valence-corrected chi connectivity index (χ1v) is 9.51. The number of aliphatic hydroxyl groups excluding tert-OH is 1. The summed E-state index contributed by atoms with van der Waals surface area (Å²) in [5.41, 5.74) is 2.75. The summed E-state index contributed by atoms with van der Waals surface area (Å²) in [7, 11) is 0. The van der Waals surface area contributed by atoms with E-state index in [-0.39, 0.29) is 0 Å². The van der Waals surface area contributed by atoms with Gasteiger partial charge in [-0.05, 0) is 74.0 Å². The molecule has 3 fully saturated rings. The van der Waals surface area contributed by atoms with E-state index in [1.807, 2.05) is 0 Å². The highest BCUT2D eigenvalue weighted by Gasteiger charge is 2.40. The average Bonchev–Trinajstić information content (AvgIpc) is 3.49. The Kier molecular flexibility index (Phi) is 4.59. The minimum Gasteiger partial charge on any atom is -0.396 e. The highest BCUT2D eigenvalue weighted by atomic mass is 16.3. The smallest absolute Gasteiger partial charge is 0.0460 e. The Hall–Kier alpha value is -1.06. The van der Waals surface area contributed by atoms with Gasteiger partial charge in [0.25, 0.3) is 0 Å². The minimum absolute atomic E-state index is 0.349. The van der Waals surface area contributed by atoms with Gasteiger partial charge in [-0.2, -0.15) is 0 Å². The zero-order valence-electron chi connectivity index (χ0n) is 14.1. The van der Waals surface area contributed by atoms with E-state index in [2.05, 4.69) is 34.5 Å². The Morgan fingerprint density at radius 2 is 1.57 bits per heavy atom. The molecule has 0 spiro atoms. The van der Waals surface area contributed by atoms with Gasteiger partial charge in [-0.1, -0.05) is 12.1 Å². The number of benzene rings is 1. The molecule has 3 nitrogen and oxygen atoms in total. The topological polar surface area (TPSA) is 35.5 Å². The van der Waals surface area contributed by atoms with Crippen LogP contribution in [-0.2, 0) is 6.54 Å². The lowest BCUT2D eigenvalue weighted by Gasteiger charge is -2.33. The van der Waals surface area contributed by atoms with Crippen LogP contribution in [-0.4, -0.2) is 30.8 Å². The van der Waals surface area contributed by atoms with E-state index in [0.717, 1.165) is 50.4 Å². The molecule has 1 aliphatic heterocycles. The van der Waals surface area contributed by atoms with Crippen LogP contribution in [0.4, 0.5) is 5.69 Å². The van der Waals surface area contributed by atoms with Gasteiger partial charge in [0.1, 0.15) is 0 Å². The molecule has 2 aliphatic carbocycles. The first-order chi connectivity index (χ1) is 11.3. The van der Waals surface area contributed by atoms with Crippen molar-refractivity contribution in [3.05, 3.63) is 29.8 Å². The Morgan fingerprint density at radius 1 is 0.957 bits per heavy atom. The number of rotatable bonds is 7. The summed E-state index contributed by atoms with van der Waals surface area (Å²) >= 11 is 0. The van der Waals surface area contributed by atoms with Crippen LogP contribution in [0.2, 0.25) is 0 Å². The second kappa shape index (κ2) is 6.82. The third-order valence-electron chi connectivity index (χ3n) is 5.98. The first kappa shape index (κ1) is 15.5. The highest BCUT2D eigenvalue weighted by Crippen LogP contribution is 2.44. The van der Waals surface area contributed by atoms with Crippen LogP contribution in [0.5, 0.6) is 0 Å². The molecular formula is C20H30N2O. The van der Waals surface area contributed by atoms with Crippen molar-refractivity contribution < 1.29 is 5.11 Å². The third-order valence-corrected chi connectivity index (χ3v) is 5.98. The second-order valence-corrected chi connectivity index (χ2v) is 7.86. The van der Waals surface area contributed by atoms with Gasteiger partial charge in [-0.3, -0.25) is 0 Å². The predicted molar refractivity (Wildman–Crippen MR) is 94.5 cm³/mol. The minimum atomic E-state index is 0.349. The van der Waals surface area contributed by atoms with Crippen molar-refractivity contribution in [2.75, 3.05) is 24.6 Å². The van der Waals surface area contributed by atoms with Crippen molar-refractivity contribution in [3.63, 3.8) is 0 Å². The van der Waals surface area contributed by atoms with E-state index >= 15 is 0 Å². The van der Waals surface area contributed by atoms with E-state index in [1.54, 1.807) is 0 Å². The molecule has 1 saturated heterocycles. The van der Waals surface area contributed by atoms with E-state index < -0.39 is 0 Å². The molecule has 0 amide bonds. The zero-order valence-corrected chi connectivity index (χ0v) is 14.1. The summed E-state index contributed by atoms with van der Waals surface area (Å²) in [6.07, 6.45) is 8.00. The molecule has 3 heteroatoms. The summed E-state index contributed by atoms with van der Waals surface area (Å²) in [5.74, 6) is 2.45. The SMILES string of the molecule is OCC1CCN(c2ccc(CNC(C3CC3)C3CC3)cc2)CC1. The summed E-state index contributed by atoms with van der Waals surface area (Å²) in [4.78, 5) is 2.46. The molecule has 2 N–H and O–H groups in total. The lowest BCUT2D eigenvalue weighted by atomic mass is 9.97. The number of nitrogens with zero attached hydrogens (tertiary/aromatic N) is 1. The lowest BCUT2D eigenvalue weighted by molar-refractivity contribution is 0.203. The molecule has 126 valence electrons. The maximum absolute atomic E-state index is 9.25. The van der Waals surface area contributed by atoms with Gasteiger partial charge in [0.05, 0.1) is 0 Å². The molecule has 0 aromatic heterocycles. The van der Waals surface area contributed by atoms with Gasteiger partial charge in [0, 0.05) is 38.0 Å². The first-order valence-electron chi connectivity index (χ1n) is 9.51. The molecule has 1 aromatic rings. The van der Waals surface area contributed by atoms with Crippen molar-refractivity contribution in [1.29, 1.82) is 0 Å². The van der Waals surface area contributed by atoms with Crippen LogP contribution in [0.1, 0.15) is 44.1 Å². The van der Waals surface area contributed by atoms with Gasteiger partial charge in [0.2, 0.25) is 0 Å². The Morgan fingerprint density at radius 3 is 2.09 bits per heavy atom. The quantitative estimate of drug-likeness (QED) is 0.811. The molecule has 1 heterocycles. The van der Waals surface area contributed by atoms with Crippen LogP contribution >= 0.6 is 0 Å². The van der Waals surface area contributed by atoms with Crippen LogP contribution in [0.25, 0.3) is 0 Å². The van der Waals surface area contributed by atoms with Crippen molar-refractivity contribution in [2.24, 2.45) is 17.8 Å². The fraction of sp³-hybridized carbons (Fsp3) is 0.700. The molecule has 0 atom stereocenters. The molecule has 0 bridgehead atoms. The monoisotopic (exact) mass is 314 g/mol. The number of nitrogens with one attached hydrogen (secondary N) is 1. The van der Waals surface area contributed by atoms with E-state index in [0.29, 0.717) is 12.5 Å². The Labute approximate surface area is 140 Å². The Bertz CT molecular complexity index is 487. The normalized spacial score (nSPS) is 22.8. The average molecular weight is 314 g/mol. The van der Waals surface area contributed by atoms with Crippen LogP contribution in [0.3, 0.4) is 0 Å². The fourth-order valence-corrected chi connectivity index (χ4v) is 4.06. The van der Waals surface area contributed by atoms with Crippen molar-refractivity contribution in [1.82, 2.24) is 5.32 Å². The van der Waals surface area contributed by atoms with Gasteiger partial charge in [0.15, 0.2) is 0 Å². The molecule has 1 aromatic carbocycles. The summed E-state index contributed by atoms with van der Waals surface area (Å²) < 4.78 is 0. The van der Waals surface area contributed by atoms with Crippen molar-refractivity contribution >= 4 is 5.69 Å². The van der Waals surface area contributed by atoms with Gasteiger partial charge in [-0.25, -0.2) is 0 Å². The third kappa shape index (κ3) is 3.89. The standard InChI is InChI=1S/C20H30N2O/c23-14-16-9-11-22(12-10-16)19-7-1-15(2-8-19)13-21-20(17-3-4-17)18-5-6-18/h1-2,7-8,16-18,20-21,23H,3-6,9-14H2. The van der Waals surface area contributed by atoms with Crippen LogP contribution < -0.4 is 10.2 Å². The number of piperidine rings is 1. The number of anilines is 1. The lowest BCUT2D eigenvalue weighted by Crippen LogP contribution is -2.34. The van der Waals surface area contributed by atoms with E-state index in [1.165, 1.54) is 36.9 Å². The molecule has 0 unspecified atom stereocenters. The highest BCUT2D eigenvalue weighted by molar-refractivity contribution is 5.48. The second-order valence-electron chi connectivity index (χ2n) is 7.86. The predicted octanol–water partition coefficient (Wildman–Crippen LogP) is 3.17. The van der Waals surface area contributed by atoms with E-state index in [4.69, 9.17) is 0 Å².